The number of thiocarbonyl (C=S) groups is 1. The van der Waals surface area contributed by atoms with E-state index in [4.69, 9.17) is 17.0 Å². The van der Waals surface area contributed by atoms with Gasteiger partial charge >= 0.3 is 12.4 Å². The zero-order valence-corrected chi connectivity index (χ0v) is 13.8. The largest absolute Gasteiger partial charge is 0.497 e. The molecule has 0 unspecified atom stereocenters. The molecule has 26 heavy (non-hydrogen) atoms. The van der Waals surface area contributed by atoms with Crippen molar-refractivity contribution in [3.05, 3.63) is 47.8 Å². The molecule has 0 aliphatic rings. The summed E-state index contributed by atoms with van der Waals surface area (Å²) in [7, 11) is 1.47. The Bertz CT molecular complexity index is 757. The number of benzene rings is 1. The average Bonchev–Trinajstić information content (AvgIpc) is 2.53. The van der Waals surface area contributed by atoms with Crippen molar-refractivity contribution < 1.29 is 31.1 Å². The van der Waals surface area contributed by atoms with Crippen LogP contribution in [-0.2, 0) is 12.4 Å². The van der Waals surface area contributed by atoms with Gasteiger partial charge in [0.05, 0.1) is 7.11 Å². The number of nitrogens with zero attached hydrogens (tertiary/aromatic N) is 1. The van der Waals surface area contributed by atoms with Crippen molar-refractivity contribution in [3.8, 4) is 5.75 Å². The van der Waals surface area contributed by atoms with Crippen LogP contribution >= 0.6 is 12.2 Å². The van der Waals surface area contributed by atoms with E-state index in [1.54, 1.807) is 24.3 Å². The molecule has 0 fully saturated rings. The van der Waals surface area contributed by atoms with Gasteiger partial charge in [-0.3, -0.25) is 0 Å². The lowest BCUT2D eigenvalue weighted by Crippen LogP contribution is -2.21. The highest BCUT2D eigenvalue weighted by atomic mass is 32.1. The van der Waals surface area contributed by atoms with Gasteiger partial charge in [-0.2, -0.15) is 26.3 Å². The molecule has 2 N–H and O–H groups in total. The Hall–Kier alpha value is -2.56. The fraction of sp³-hybridized carbons (Fsp3) is 0.200. The van der Waals surface area contributed by atoms with Gasteiger partial charge in [0.15, 0.2) is 5.11 Å². The van der Waals surface area contributed by atoms with Crippen LogP contribution in [0.15, 0.2) is 36.4 Å². The van der Waals surface area contributed by atoms with Crippen molar-refractivity contribution in [1.82, 2.24) is 4.98 Å². The monoisotopic (exact) mass is 395 g/mol. The average molecular weight is 395 g/mol. The smallest absolute Gasteiger partial charge is 0.433 e. The molecule has 0 aliphatic heterocycles. The van der Waals surface area contributed by atoms with Crippen LogP contribution in [0.4, 0.5) is 37.7 Å². The zero-order valence-electron chi connectivity index (χ0n) is 13.0. The number of nitrogens with one attached hydrogen (secondary N) is 2. The summed E-state index contributed by atoms with van der Waals surface area (Å²) in [5.41, 5.74) is -3.39. The standard InChI is InChI=1S/C15H11F6N3OS/c1-25-10-4-2-8(3-5-10)22-13(26)23-9-6-11(14(16,17)18)24-12(7-9)15(19,20)21/h2-7H,1H3,(H2,22,23,24,26). The molecule has 2 aromatic rings. The van der Waals surface area contributed by atoms with Crippen LogP contribution in [0.5, 0.6) is 5.75 Å². The van der Waals surface area contributed by atoms with Gasteiger partial charge < -0.3 is 15.4 Å². The third-order valence-corrected chi connectivity index (χ3v) is 3.22. The Balaban J connectivity index is 2.22. The molecule has 0 aliphatic carbocycles. The summed E-state index contributed by atoms with van der Waals surface area (Å²) in [6, 6.07) is 7.22. The van der Waals surface area contributed by atoms with E-state index in [0.29, 0.717) is 23.6 Å². The minimum Gasteiger partial charge on any atom is -0.497 e. The Kier molecular flexibility index (Phi) is 5.59. The fourth-order valence-electron chi connectivity index (χ4n) is 1.86. The summed E-state index contributed by atoms with van der Waals surface area (Å²) in [5.74, 6) is 0.563. The van der Waals surface area contributed by atoms with E-state index in [0.717, 1.165) is 0 Å². The van der Waals surface area contributed by atoms with Crippen molar-refractivity contribution in [2.45, 2.75) is 12.4 Å². The highest BCUT2D eigenvalue weighted by molar-refractivity contribution is 7.80. The maximum atomic E-state index is 12.8. The first-order chi connectivity index (χ1) is 12.0. The molecule has 1 heterocycles. The summed E-state index contributed by atoms with van der Waals surface area (Å²) in [5, 5.41) is 4.74. The normalized spacial score (nSPS) is 11.8. The Morgan fingerprint density at radius 1 is 0.885 bits per heavy atom. The molecule has 0 spiro atoms. The van der Waals surface area contributed by atoms with Crippen LogP contribution < -0.4 is 15.4 Å². The first kappa shape index (κ1) is 19.8. The number of hydrogen-bond acceptors (Lipinski definition) is 3. The van der Waals surface area contributed by atoms with Crippen LogP contribution in [0.2, 0.25) is 0 Å². The van der Waals surface area contributed by atoms with Crippen molar-refractivity contribution in [2.24, 2.45) is 0 Å². The predicted molar refractivity (Wildman–Crippen MR) is 87.1 cm³/mol. The number of aromatic nitrogens is 1. The maximum absolute atomic E-state index is 12.8. The number of ether oxygens (including phenoxy) is 1. The first-order valence-electron chi connectivity index (χ1n) is 6.87. The minimum atomic E-state index is -5.04. The van der Waals surface area contributed by atoms with E-state index in [-0.39, 0.29) is 5.11 Å². The number of alkyl halides is 6. The quantitative estimate of drug-likeness (QED) is 0.570. The predicted octanol–water partition coefficient (Wildman–Crippen LogP) is 4.94. The van der Waals surface area contributed by atoms with Gasteiger partial charge in [0.2, 0.25) is 0 Å². The molecule has 0 saturated heterocycles. The molecule has 11 heteroatoms. The lowest BCUT2D eigenvalue weighted by molar-refractivity contribution is -0.150. The Morgan fingerprint density at radius 2 is 1.35 bits per heavy atom. The van der Waals surface area contributed by atoms with Crippen LogP contribution in [0.3, 0.4) is 0 Å². The Morgan fingerprint density at radius 3 is 1.77 bits per heavy atom. The number of anilines is 2. The SMILES string of the molecule is COc1ccc(NC(=S)Nc2cc(C(F)(F)F)nc(C(F)(F)F)c2)cc1. The molecular weight excluding hydrogens is 384 g/mol. The molecule has 0 radical (unpaired) electrons. The van der Waals surface area contributed by atoms with Crippen molar-refractivity contribution in [2.75, 3.05) is 17.7 Å². The molecule has 1 aromatic heterocycles. The van der Waals surface area contributed by atoms with Gasteiger partial charge in [0, 0.05) is 11.4 Å². The van der Waals surface area contributed by atoms with E-state index in [2.05, 4.69) is 15.6 Å². The summed E-state index contributed by atoms with van der Waals surface area (Å²) in [4.78, 5) is 2.62. The van der Waals surface area contributed by atoms with E-state index in [9.17, 15) is 26.3 Å². The van der Waals surface area contributed by atoms with Crippen molar-refractivity contribution in [3.63, 3.8) is 0 Å². The highest BCUT2D eigenvalue weighted by Crippen LogP contribution is 2.35. The second kappa shape index (κ2) is 7.36. The second-order valence-corrected chi connectivity index (χ2v) is 5.34. The molecule has 0 atom stereocenters. The zero-order chi connectivity index (χ0) is 19.5. The van der Waals surface area contributed by atoms with Gasteiger partial charge in [0.25, 0.3) is 0 Å². The van der Waals surface area contributed by atoms with Crippen LogP contribution in [-0.4, -0.2) is 17.2 Å². The fourth-order valence-corrected chi connectivity index (χ4v) is 2.10. The summed E-state index contributed by atoms with van der Waals surface area (Å²) < 4.78 is 81.6. The lowest BCUT2D eigenvalue weighted by atomic mass is 10.2. The molecule has 0 amide bonds. The molecule has 2 rings (SSSR count). The van der Waals surface area contributed by atoms with Crippen molar-refractivity contribution >= 4 is 28.7 Å². The number of rotatable bonds is 3. The van der Waals surface area contributed by atoms with Crippen LogP contribution in [0.1, 0.15) is 11.4 Å². The van der Waals surface area contributed by atoms with Crippen LogP contribution in [0.25, 0.3) is 0 Å². The number of hydrogen-bond donors (Lipinski definition) is 2. The van der Waals surface area contributed by atoms with Gasteiger partial charge in [0.1, 0.15) is 17.1 Å². The first-order valence-corrected chi connectivity index (χ1v) is 7.28. The van der Waals surface area contributed by atoms with E-state index in [1.807, 2.05) is 0 Å². The van der Waals surface area contributed by atoms with Crippen molar-refractivity contribution in [1.29, 1.82) is 0 Å². The summed E-state index contributed by atoms with van der Waals surface area (Å²) in [6.07, 6.45) is -10.1. The lowest BCUT2D eigenvalue weighted by Gasteiger charge is -2.15. The summed E-state index contributed by atoms with van der Waals surface area (Å²) >= 11 is 4.92. The van der Waals surface area contributed by atoms with Gasteiger partial charge in [-0.15, -0.1) is 0 Å². The molecule has 0 saturated carbocycles. The van der Waals surface area contributed by atoms with Crippen LogP contribution in [0, 0.1) is 0 Å². The van der Waals surface area contributed by atoms with E-state index < -0.39 is 29.4 Å². The van der Waals surface area contributed by atoms with Gasteiger partial charge in [-0.05, 0) is 48.6 Å². The number of pyridine rings is 1. The molecule has 140 valence electrons. The number of halogens is 6. The van der Waals surface area contributed by atoms with E-state index in [1.165, 1.54) is 7.11 Å². The van der Waals surface area contributed by atoms with Gasteiger partial charge in [-0.1, -0.05) is 0 Å². The molecular formula is C15H11F6N3OS. The highest BCUT2D eigenvalue weighted by Gasteiger charge is 2.38. The van der Waals surface area contributed by atoms with E-state index >= 15 is 0 Å². The topological polar surface area (TPSA) is 46.2 Å². The number of methoxy groups -OCH3 is 1. The third kappa shape index (κ3) is 5.22. The van der Waals surface area contributed by atoms with Gasteiger partial charge in [-0.25, -0.2) is 4.98 Å². The second-order valence-electron chi connectivity index (χ2n) is 4.93. The summed E-state index contributed by atoms with van der Waals surface area (Å²) in [6.45, 7) is 0. The molecule has 1 aromatic carbocycles. The maximum Gasteiger partial charge on any atom is 0.433 e. The molecule has 0 bridgehead atoms. The minimum absolute atomic E-state index is 0.192. The third-order valence-electron chi connectivity index (χ3n) is 3.01. The molecule has 4 nitrogen and oxygen atoms in total. The Labute approximate surface area is 149 Å².